The van der Waals surface area contributed by atoms with Gasteiger partial charge in [-0.05, 0) is 26.0 Å². The molecule has 0 radical (unpaired) electrons. The fourth-order valence-corrected chi connectivity index (χ4v) is 1.55. The van der Waals surface area contributed by atoms with E-state index in [0.717, 1.165) is 19.2 Å². The maximum Gasteiger partial charge on any atom is 0.319 e. The number of rotatable bonds is 4. The minimum Gasteiger partial charge on any atom is -0.494 e. The van der Waals surface area contributed by atoms with Crippen molar-refractivity contribution in [3.63, 3.8) is 0 Å². The number of carbonyl (C=O) groups is 2. The van der Waals surface area contributed by atoms with Gasteiger partial charge in [0.05, 0.1) is 19.8 Å². The molecule has 0 bridgehead atoms. The third kappa shape index (κ3) is 2.57. The first-order valence-electron chi connectivity index (χ1n) is 5.42. The number of benzene rings is 1. The zero-order chi connectivity index (χ0) is 14.8. The highest BCUT2D eigenvalue weighted by Gasteiger charge is 2.39. The molecule has 0 aromatic heterocycles. The van der Waals surface area contributed by atoms with Gasteiger partial charge in [-0.1, -0.05) is 0 Å². The summed E-state index contributed by atoms with van der Waals surface area (Å²) >= 11 is 0. The lowest BCUT2D eigenvalue weighted by Crippen LogP contribution is -2.35. The molecule has 0 saturated heterocycles. The second-order valence-corrected chi connectivity index (χ2v) is 4.39. The summed E-state index contributed by atoms with van der Waals surface area (Å²) in [5.74, 6) is -4.62. The summed E-state index contributed by atoms with van der Waals surface area (Å²) in [7, 11) is 2.29. The summed E-state index contributed by atoms with van der Waals surface area (Å²) in [6.45, 7) is 2.56. The highest BCUT2D eigenvalue weighted by molar-refractivity contribution is 6.12. The average Bonchev–Trinajstić information content (AvgIpc) is 2.39. The van der Waals surface area contributed by atoms with Crippen molar-refractivity contribution in [2.24, 2.45) is 5.41 Å². The number of hydrogen-bond donors (Lipinski definition) is 0. The number of Topliss-reactive ketones (excluding diaryl/α,β-unsaturated/α-hetero) is 1. The van der Waals surface area contributed by atoms with Gasteiger partial charge in [0, 0.05) is 0 Å². The van der Waals surface area contributed by atoms with Crippen LogP contribution in [0.4, 0.5) is 8.78 Å². The predicted octanol–water partition coefficient (Wildman–Crippen LogP) is 2.36. The van der Waals surface area contributed by atoms with Gasteiger partial charge < -0.3 is 9.47 Å². The lowest BCUT2D eigenvalue weighted by molar-refractivity contribution is -0.147. The van der Waals surface area contributed by atoms with Gasteiger partial charge >= 0.3 is 5.97 Å². The topological polar surface area (TPSA) is 52.6 Å². The first kappa shape index (κ1) is 15.1. The molecule has 0 N–H and O–H groups in total. The monoisotopic (exact) mass is 272 g/mol. The molecule has 0 unspecified atom stereocenters. The molecular formula is C13H14F2O4. The Labute approximate surface area is 109 Å². The molecule has 1 aromatic carbocycles. The van der Waals surface area contributed by atoms with Gasteiger partial charge in [-0.2, -0.15) is 4.39 Å². The molecular weight excluding hydrogens is 258 g/mol. The van der Waals surface area contributed by atoms with E-state index in [1.54, 1.807) is 0 Å². The Balaban J connectivity index is 3.29. The lowest BCUT2D eigenvalue weighted by Gasteiger charge is -2.20. The molecule has 0 aliphatic rings. The minimum absolute atomic E-state index is 0.315. The molecule has 19 heavy (non-hydrogen) atoms. The number of halogens is 2. The van der Waals surface area contributed by atoms with Crippen molar-refractivity contribution in [3.8, 4) is 5.75 Å². The number of methoxy groups -OCH3 is 2. The second kappa shape index (κ2) is 5.34. The van der Waals surface area contributed by atoms with Crippen LogP contribution in [0.5, 0.6) is 5.75 Å². The van der Waals surface area contributed by atoms with Gasteiger partial charge in [0.1, 0.15) is 5.41 Å². The summed E-state index contributed by atoms with van der Waals surface area (Å²) in [4.78, 5) is 23.6. The van der Waals surface area contributed by atoms with Crippen molar-refractivity contribution in [1.82, 2.24) is 0 Å². The van der Waals surface area contributed by atoms with Crippen molar-refractivity contribution in [2.75, 3.05) is 14.2 Å². The number of hydrogen-bond acceptors (Lipinski definition) is 4. The van der Waals surface area contributed by atoms with E-state index in [4.69, 9.17) is 0 Å². The number of ketones is 1. The van der Waals surface area contributed by atoms with E-state index in [1.807, 2.05) is 0 Å². The molecule has 1 rings (SSSR count). The predicted molar refractivity (Wildman–Crippen MR) is 63.0 cm³/mol. The fraction of sp³-hybridized carbons (Fsp3) is 0.385. The van der Waals surface area contributed by atoms with Crippen molar-refractivity contribution in [2.45, 2.75) is 13.8 Å². The first-order chi connectivity index (χ1) is 8.77. The van der Waals surface area contributed by atoms with Crippen LogP contribution in [-0.4, -0.2) is 26.0 Å². The quantitative estimate of drug-likeness (QED) is 0.479. The maximum atomic E-state index is 13.8. The van der Waals surface area contributed by atoms with Crippen LogP contribution in [-0.2, 0) is 9.53 Å². The SMILES string of the molecule is COC(=O)C(C)(C)C(=O)c1ccc(OC)c(F)c1F. The van der Waals surface area contributed by atoms with E-state index in [9.17, 15) is 18.4 Å². The van der Waals surface area contributed by atoms with Gasteiger partial charge in [0.2, 0.25) is 5.82 Å². The van der Waals surface area contributed by atoms with E-state index < -0.39 is 34.4 Å². The molecule has 0 amide bonds. The van der Waals surface area contributed by atoms with Crippen molar-refractivity contribution in [1.29, 1.82) is 0 Å². The highest BCUT2D eigenvalue weighted by Crippen LogP contribution is 2.29. The molecule has 6 heteroatoms. The van der Waals surface area contributed by atoms with E-state index in [0.29, 0.717) is 0 Å². The van der Waals surface area contributed by atoms with Crippen LogP contribution in [0.25, 0.3) is 0 Å². The van der Waals surface area contributed by atoms with E-state index in [-0.39, 0.29) is 5.75 Å². The summed E-state index contributed by atoms with van der Waals surface area (Å²) in [6, 6.07) is 2.20. The number of carbonyl (C=O) groups excluding carboxylic acids is 2. The normalized spacial score (nSPS) is 11.1. The molecule has 0 saturated carbocycles. The molecule has 0 heterocycles. The summed E-state index contributed by atoms with van der Waals surface area (Å²) in [6.07, 6.45) is 0. The van der Waals surface area contributed by atoms with Gasteiger partial charge in [0.15, 0.2) is 17.3 Å². The molecule has 0 atom stereocenters. The van der Waals surface area contributed by atoms with Crippen LogP contribution in [0.15, 0.2) is 12.1 Å². The van der Waals surface area contributed by atoms with Crippen LogP contribution in [0.2, 0.25) is 0 Å². The Morgan fingerprint density at radius 1 is 1.11 bits per heavy atom. The van der Waals surface area contributed by atoms with Crippen molar-refractivity contribution >= 4 is 11.8 Å². The fourth-order valence-electron chi connectivity index (χ4n) is 1.55. The van der Waals surface area contributed by atoms with Crippen LogP contribution in [0, 0.1) is 17.0 Å². The maximum absolute atomic E-state index is 13.8. The molecule has 0 fully saturated rings. The second-order valence-electron chi connectivity index (χ2n) is 4.39. The Hall–Kier alpha value is -1.98. The van der Waals surface area contributed by atoms with Gasteiger partial charge in [-0.15, -0.1) is 0 Å². The van der Waals surface area contributed by atoms with Crippen molar-refractivity contribution < 1.29 is 27.8 Å². The highest BCUT2D eigenvalue weighted by atomic mass is 19.2. The number of ether oxygens (including phenoxy) is 2. The van der Waals surface area contributed by atoms with Crippen LogP contribution < -0.4 is 4.74 Å². The van der Waals surface area contributed by atoms with Crippen molar-refractivity contribution in [3.05, 3.63) is 29.3 Å². The van der Waals surface area contributed by atoms with E-state index in [1.165, 1.54) is 21.0 Å². The Bertz CT molecular complexity index is 524. The first-order valence-corrected chi connectivity index (χ1v) is 5.42. The van der Waals surface area contributed by atoms with Gasteiger partial charge in [0.25, 0.3) is 0 Å². The smallest absolute Gasteiger partial charge is 0.319 e. The Kier molecular flexibility index (Phi) is 4.24. The summed E-state index contributed by atoms with van der Waals surface area (Å²) in [5.41, 5.74) is -2.12. The Morgan fingerprint density at radius 2 is 1.68 bits per heavy atom. The summed E-state index contributed by atoms with van der Waals surface area (Å²) in [5, 5.41) is 0. The molecule has 104 valence electrons. The molecule has 1 aromatic rings. The molecule has 0 aliphatic heterocycles. The average molecular weight is 272 g/mol. The summed E-state index contributed by atoms with van der Waals surface area (Å²) < 4.78 is 36.4. The van der Waals surface area contributed by atoms with Crippen LogP contribution in [0.3, 0.4) is 0 Å². The number of esters is 1. The van der Waals surface area contributed by atoms with Crippen LogP contribution >= 0.6 is 0 Å². The van der Waals surface area contributed by atoms with Gasteiger partial charge in [-0.25, -0.2) is 4.39 Å². The lowest BCUT2D eigenvalue weighted by atomic mass is 9.84. The largest absolute Gasteiger partial charge is 0.494 e. The zero-order valence-corrected chi connectivity index (χ0v) is 11.0. The molecule has 0 aliphatic carbocycles. The molecule has 0 spiro atoms. The zero-order valence-electron chi connectivity index (χ0n) is 11.0. The van der Waals surface area contributed by atoms with Crippen LogP contribution in [0.1, 0.15) is 24.2 Å². The Morgan fingerprint density at radius 3 is 2.16 bits per heavy atom. The van der Waals surface area contributed by atoms with Gasteiger partial charge in [-0.3, -0.25) is 9.59 Å². The standard InChI is InChI=1S/C13H14F2O4/c1-13(2,12(17)19-4)11(16)7-5-6-8(18-3)10(15)9(7)14/h5-6H,1-4H3. The van der Waals surface area contributed by atoms with E-state index in [2.05, 4.69) is 9.47 Å². The minimum atomic E-state index is -1.60. The van der Waals surface area contributed by atoms with E-state index >= 15 is 0 Å². The third-order valence-corrected chi connectivity index (χ3v) is 2.77. The molecule has 4 nitrogen and oxygen atoms in total. The third-order valence-electron chi connectivity index (χ3n) is 2.77.